The van der Waals surface area contributed by atoms with Crippen molar-refractivity contribution in [3.8, 4) is 11.5 Å². The molecule has 1 aromatic rings. The van der Waals surface area contributed by atoms with Crippen LogP contribution >= 0.6 is 11.6 Å². The highest BCUT2D eigenvalue weighted by molar-refractivity contribution is 6.31. The lowest BCUT2D eigenvalue weighted by atomic mass is 10.0. The molecule has 0 bridgehead atoms. The van der Waals surface area contributed by atoms with Gasteiger partial charge in [0.15, 0.2) is 17.6 Å². The number of hydrogen-bond donors (Lipinski definition) is 1. The van der Waals surface area contributed by atoms with Crippen LogP contribution in [0.15, 0.2) is 12.1 Å². The van der Waals surface area contributed by atoms with Gasteiger partial charge in [-0.3, -0.25) is 0 Å². The maximum atomic E-state index is 13.2. The summed E-state index contributed by atoms with van der Waals surface area (Å²) in [6.07, 6.45) is -8.52. The zero-order valence-electron chi connectivity index (χ0n) is 10.4. The molecule has 0 aromatic heterocycles. The van der Waals surface area contributed by atoms with Crippen molar-refractivity contribution in [1.29, 1.82) is 0 Å². The lowest BCUT2D eigenvalue weighted by Crippen LogP contribution is -2.42. The summed E-state index contributed by atoms with van der Waals surface area (Å²) < 4.78 is 73.7. The molecule has 1 unspecified atom stereocenters. The molecule has 1 heterocycles. The third-order valence-electron chi connectivity index (χ3n) is 2.88. The van der Waals surface area contributed by atoms with Crippen LogP contribution in [0.2, 0.25) is 5.02 Å². The van der Waals surface area contributed by atoms with Crippen molar-refractivity contribution < 1.29 is 36.5 Å². The van der Waals surface area contributed by atoms with Crippen molar-refractivity contribution in [2.45, 2.75) is 24.6 Å². The molecule has 1 aliphatic rings. The second kappa shape index (κ2) is 5.49. The first-order valence-electron chi connectivity index (χ1n) is 5.86. The summed E-state index contributed by atoms with van der Waals surface area (Å²) in [5.41, 5.74) is -0.775. The third kappa shape index (κ3) is 3.01. The van der Waals surface area contributed by atoms with Gasteiger partial charge in [-0.2, -0.15) is 22.0 Å². The Morgan fingerprint density at radius 2 is 1.57 bits per heavy atom. The number of aliphatic hydroxyl groups is 1. The molecule has 0 fully saturated rings. The molecule has 3 nitrogen and oxygen atoms in total. The van der Waals surface area contributed by atoms with Crippen molar-refractivity contribution in [3.05, 3.63) is 22.7 Å². The second-order valence-corrected chi connectivity index (χ2v) is 4.80. The SMILES string of the molecule is OC(c1cc2c(cc1Cl)OCCCO2)C(F)(F)C(F)(F)F. The van der Waals surface area contributed by atoms with Gasteiger partial charge < -0.3 is 14.6 Å². The summed E-state index contributed by atoms with van der Waals surface area (Å²) in [6, 6.07) is 1.89. The zero-order chi connectivity index (χ0) is 15.8. The highest BCUT2D eigenvalue weighted by Gasteiger charge is 2.63. The largest absolute Gasteiger partial charge is 0.490 e. The quantitative estimate of drug-likeness (QED) is 0.839. The van der Waals surface area contributed by atoms with E-state index in [-0.39, 0.29) is 18.1 Å². The van der Waals surface area contributed by atoms with Gasteiger partial charge in [-0.25, -0.2) is 0 Å². The molecular formula is C12H10ClF5O3. The van der Waals surface area contributed by atoms with Gasteiger partial charge in [-0.05, 0) is 6.07 Å². The fraction of sp³-hybridized carbons (Fsp3) is 0.500. The smallest absolute Gasteiger partial charge is 0.456 e. The molecule has 9 heteroatoms. The van der Waals surface area contributed by atoms with Gasteiger partial charge in [-0.15, -0.1) is 0 Å². The number of hydrogen-bond acceptors (Lipinski definition) is 3. The molecule has 0 spiro atoms. The molecule has 21 heavy (non-hydrogen) atoms. The summed E-state index contributed by atoms with van der Waals surface area (Å²) in [7, 11) is 0. The normalized spacial score (nSPS) is 17.3. The lowest BCUT2D eigenvalue weighted by molar-refractivity contribution is -0.315. The molecule has 0 aliphatic carbocycles. The minimum absolute atomic E-state index is 0.0380. The van der Waals surface area contributed by atoms with Gasteiger partial charge in [0, 0.05) is 18.1 Å². The predicted molar refractivity (Wildman–Crippen MR) is 63.0 cm³/mol. The number of aliphatic hydroxyl groups excluding tert-OH is 1. The van der Waals surface area contributed by atoms with Gasteiger partial charge >= 0.3 is 12.1 Å². The molecule has 0 saturated heterocycles. The molecule has 2 rings (SSSR count). The fourth-order valence-corrected chi connectivity index (χ4v) is 2.02. The molecule has 0 radical (unpaired) electrons. The Morgan fingerprint density at radius 3 is 2.10 bits per heavy atom. The minimum atomic E-state index is -5.90. The molecule has 118 valence electrons. The van der Waals surface area contributed by atoms with E-state index in [1.807, 2.05) is 0 Å². The monoisotopic (exact) mass is 332 g/mol. The van der Waals surface area contributed by atoms with Crippen molar-refractivity contribution in [2.75, 3.05) is 13.2 Å². The lowest BCUT2D eigenvalue weighted by Gasteiger charge is -2.26. The fourth-order valence-electron chi connectivity index (χ4n) is 1.76. The van der Waals surface area contributed by atoms with Gasteiger partial charge in [0.1, 0.15) is 0 Å². The first-order valence-corrected chi connectivity index (χ1v) is 6.24. The van der Waals surface area contributed by atoms with E-state index < -0.39 is 28.8 Å². The number of benzene rings is 1. The Morgan fingerprint density at radius 1 is 1.05 bits per heavy atom. The van der Waals surface area contributed by atoms with Gasteiger partial charge in [0.05, 0.1) is 18.2 Å². The number of rotatable bonds is 2. The van der Waals surface area contributed by atoms with E-state index in [9.17, 15) is 27.1 Å². The molecule has 1 N–H and O–H groups in total. The standard InChI is InChI=1S/C12H10ClF5O3/c13-7-5-9-8(20-2-1-3-21-9)4-6(7)10(19)11(14,15)12(16,17)18/h4-5,10,19H,1-3H2. The average molecular weight is 333 g/mol. The zero-order valence-corrected chi connectivity index (χ0v) is 11.1. The van der Waals surface area contributed by atoms with Crippen LogP contribution in [0.3, 0.4) is 0 Å². The molecule has 0 saturated carbocycles. The Bertz CT molecular complexity index is 532. The molecular weight excluding hydrogens is 323 g/mol. The van der Waals surface area contributed by atoms with E-state index in [1.165, 1.54) is 0 Å². The van der Waals surface area contributed by atoms with E-state index in [0.29, 0.717) is 13.0 Å². The Kier molecular flexibility index (Phi) is 4.21. The summed E-state index contributed by atoms with van der Waals surface area (Å²) in [6.45, 7) is 0.504. The van der Waals surface area contributed by atoms with Crippen LogP contribution in [0.4, 0.5) is 22.0 Å². The van der Waals surface area contributed by atoms with Crippen LogP contribution in [0, 0.1) is 0 Å². The number of fused-ring (bicyclic) bond motifs is 1. The van der Waals surface area contributed by atoms with Crippen molar-refractivity contribution in [3.63, 3.8) is 0 Å². The second-order valence-electron chi connectivity index (χ2n) is 4.39. The van der Waals surface area contributed by atoms with Crippen molar-refractivity contribution in [2.24, 2.45) is 0 Å². The first kappa shape index (κ1) is 16.1. The number of ether oxygens (including phenoxy) is 2. The van der Waals surface area contributed by atoms with E-state index in [2.05, 4.69) is 0 Å². The summed E-state index contributed by atoms with van der Waals surface area (Å²) >= 11 is 5.67. The maximum Gasteiger partial charge on any atom is 0.456 e. The maximum absolute atomic E-state index is 13.2. The average Bonchev–Trinajstić information content (AvgIpc) is 2.60. The summed E-state index contributed by atoms with van der Waals surface area (Å²) in [5, 5.41) is 8.92. The van der Waals surface area contributed by atoms with Crippen LogP contribution in [0.1, 0.15) is 18.1 Å². The number of halogens is 6. The number of alkyl halides is 5. The van der Waals surface area contributed by atoms with Crippen LogP contribution in [-0.2, 0) is 0 Å². The molecule has 0 amide bonds. The summed E-state index contributed by atoms with van der Waals surface area (Å²) in [4.78, 5) is 0. The van der Waals surface area contributed by atoms with E-state index in [4.69, 9.17) is 21.1 Å². The van der Waals surface area contributed by atoms with E-state index in [0.717, 1.165) is 12.1 Å². The van der Waals surface area contributed by atoms with Crippen LogP contribution < -0.4 is 9.47 Å². The molecule has 1 atom stereocenters. The third-order valence-corrected chi connectivity index (χ3v) is 3.21. The Labute approximate surface area is 121 Å². The van der Waals surface area contributed by atoms with E-state index >= 15 is 0 Å². The highest BCUT2D eigenvalue weighted by atomic mass is 35.5. The van der Waals surface area contributed by atoms with Crippen molar-refractivity contribution in [1.82, 2.24) is 0 Å². The molecule has 1 aromatic carbocycles. The van der Waals surface area contributed by atoms with Gasteiger partial charge in [0.2, 0.25) is 0 Å². The predicted octanol–water partition coefficient (Wildman–Crippen LogP) is 3.73. The Hall–Kier alpha value is -1.28. The van der Waals surface area contributed by atoms with Gasteiger partial charge in [-0.1, -0.05) is 11.6 Å². The first-order chi connectivity index (χ1) is 9.64. The minimum Gasteiger partial charge on any atom is -0.490 e. The van der Waals surface area contributed by atoms with Gasteiger partial charge in [0.25, 0.3) is 0 Å². The van der Waals surface area contributed by atoms with Crippen LogP contribution in [0.25, 0.3) is 0 Å². The Balaban J connectivity index is 2.42. The van der Waals surface area contributed by atoms with Crippen LogP contribution in [0.5, 0.6) is 11.5 Å². The summed E-state index contributed by atoms with van der Waals surface area (Å²) in [5.74, 6) is -5.25. The van der Waals surface area contributed by atoms with E-state index in [1.54, 1.807) is 0 Å². The molecule has 1 aliphatic heterocycles. The van der Waals surface area contributed by atoms with Crippen LogP contribution in [-0.4, -0.2) is 30.4 Å². The topological polar surface area (TPSA) is 38.7 Å². The highest BCUT2D eigenvalue weighted by Crippen LogP contribution is 2.47. The van der Waals surface area contributed by atoms with Crippen molar-refractivity contribution >= 4 is 11.6 Å².